The molecule has 0 aliphatic carbocycles. The van der Waals surface area contributed by atoms with Crippen LogP contribution in [0.2, 0.25) is 0 Å². The van der Waals surface area contributed by atoms with Gasteiger partial charge in [-0.2, -0.15) is 4.31 Å². The number of anilines is 1. The lowest BCUT2D eigenvalue weighted by atomic mass is 10.0. The molecule has 0 atom stereocenters. The molecular formula is C25H23N3O3S2. The largest absolute Gasteiger partial charge is 0.298 e. The Labute approximate surface area is 197 Å². The standard InChI is InChI=1S/C25H23N3O3S2/c1-16-13-22-23(14-17(16)2)32-25(26-22)27-24(29)19-7-9-21(10-8-19)33(30,31)28-12-11-18-5-3-4-6-20(18)15-28/h3-10,13-14H,11-12,15H2,1-2H3,(H,26,27,29). The van der Waals surface area contributed by atoms with Gasteiger partial charge in [0.25, 0.3) is 5.91 Å². The quantitative estimate of drug-likeness (QED) is 0.453. The molecule has 6 nitrogen and oxygen atoms in total. The van der Waals surface area contributed by atoms with E-state index < -0.39 is 10.0 Å². The van der Waals surface area contributed by atoms with E-state index in [1.165, 1.54) is 38.9 Å². The Morgan fingerprint density at radius 2 is 1.70 bits per heavy atom. The van der Waals surface area contributed by atoms with E-state index in [1.807, 2.05) is 44.2 Å². The van der Waals surface area contributed by atoms with Gasteiger partial charge >= 0.3 is 0 Å². The Balaban J connectivity index is 1.32. The number of amides is 1. The molecule has 1 aliphatic heterocycles. The van der Waals surface area contributed by atoms with Crippen LogP contribution in [0.1, 0.15) is 32.6 Å². The molecule has 0 saturated carbocycles. The molecule has 0 bridgehead atoms. The number of thiazole rings is 1. The summed E-state index contributed by atoms with van der Waals surface area (Å²) in [6.07, 6.45) is 0.692. The van der Waals surface area contributed by atoms with Crippen LogP contribution in [-0.4, -0.2) is 30.2 Å². The summed E-state index contributed by atoms with van der Waals surface area (Å²) in [6, 6.07) is 18.1. The fraction of sp³-hybridized carbons (Fsp3) is 0.200. The van der Waals surface area contributed by atoms with Crippen molar-refractivity contribution in [3.05, 3.63) is 88.5 Å². The first kappa shape index (κ1) is 21.8. The van der Waals surface area contributed by atoms with Gasteiger partial charge in [-0.3, -0.25) is 10.1 Å². The molecule has 0 unspecified atom stereocenters. The summed E-state index contributed by atoms with van der Waals surface area (Å²) in [5.41, 5.74) is 5.78. The number of rotatable bonds is 4. The molecule has 2 heterocycles. The summed E-state index contributed by atoms with van der Waals surface area (Å²) in [7, 11) is -3.64. The van der Waals surface area contributed by atoms with Crippen LogP contribution in [0.15, 0.2) is 65.6 Å². The minimum absolute atomic E-state index is 0.185. The topological polar surface area (TPSA) is 79.4 Å². The molecule has 0 saturated heterocycles. The highest BCUT2D eigenvalue weighted by atomic mass is 32.2. The van der Waals surface area contributed by atoms with Crippen LogP contribution in [0.5, 0.6) is 0 Å². The van der Waals surface area contributed by atoms with E-state index in [0.717, 1.165) is 21.3 Å². The molecule has 3 aromatic carbocycles. The number of carbonyl (C=O) groups is 1. The van der Waals surface area contributed by atoms with E-state index in [9.17, 15) is 13.2 Å². The number of nitrogens with zero attached hydrogens (tertiary/aromatic N) is 2. The van der Waals surface area contributed by atoms with Gasteiger partial charge in [0.1, 0.15) is 0 Å². The van der Waals surface area contributed by atoms with Crippen LogP contribution in [-0.2, 0) is 23.0 Å². The van der Waals surface area contributed by atoms with E-state index in [4.69, 9.17) is 0 Å². The lowest BCUT2D eigenvalue weighted by Crippen LogP contribution is -2.35. The molecule has 0 fully saturated rings. The lowest BCUT2D eigenvalue weighted by molar-refractivity contribution is 0.102. The van der Waals surface area contributed by atoms with Crippen molar-refractivity contribution < 1.29 is 13.2 Å². The number of fused-ring (bicyclic) bond motifs is 2. The number of sulfonamides is 1. The smallest absolute Gasteiger partial charge is 0.257 e. The van der Waals surface area contributed by atoms with E-state index in [1.54, 1.807) is 12.1 Å². The van der Waals surface area contributed by atoms with Crippen LogP contribution in [0.4, 0.5) is 5.13 Å². The Kier molecular flexibility index (Phi) is 5.52. The highest BCUT2D eigenvalue weighted by molar-refractivity contribution is 7.89. The van der Waals surface area contributed by atoms with E-state index >= 15 is 0 Å². The average Bonchev–Trinajstić information content (AvgIpc) is 3.19. The molecule has 1 aromatic heterocycles. The summed E-state index contributed by atoms with van der Waals surface area (Å²) >= 11 is 1.42. The minimum atomic E-state index is -3.64. The molecule has 4 aromatic rings. The van der Waals surface area contributed by atoms with Gasteiger partial charge in [0.15, 0.2) is 5.13 Å². The van der Waals surface area contributed by atoms with Crippen LogP contribution in [0, 0.1) is 13.8 Å². The van der Waals surface area contributed by atoms with E-state index in [2.05, 4.69) is 16.4 Å². The van der Waals surface area contributed by atoms with Crippen LogP contribution >= 0.6 is 11.3 Å². The van der Waals surface area contributed by atoms with Crippen molar-refractivity contribution in [2.75, 3.05) is 11.9 Å². The SMILES string of the molecule is Cc1cc2nc(NC(=O)c3ccc(S(=O)(=O)N4CCc5ccccc5C4)cc3)sc2cc1C. The predicted molar refractivity (Wildman–Crippen MR) is 131 cm³/mol. The van der Waals surface area contributed by atoms with Crippen molar-refractivity contribution >= 4 is 42.6 Å². The van der Waals surface area contributed by atoms with Gasteiger partial charge in [-0.15, -0.1) is 0 Å². The summed E-state index contributed by atoms with van der Waals surface area (Å²) in [5.74, 6) is -0.321. The molecular weight excluding hydrogens is 454 g/mol. The van der Waals surface area contributed by atoms with Crippen LogP contribution in [0.25, 0.3) is 10.2 Å². The molecule has 168 valence electrons. The first-order valence-electron chi connectivity index (χ1n) is 10.7. The number of carbonyl (C=O) groups excluding carboxylic acids is 1. The van der Waals surface area contributed by atoms with Gasteiger partial charge in [-0.1, -0.05) is 35.6 Å². The molecule has 8 heteroatoms. The molecule has 0 spiro atoms. The van der Waals surface area contributed by atoms with Crippen molar-refractivity contribution in [1.29, 1.82) is 0 Å². The molecule has 0 radical (unpaired) electrons. The zero-order valence-electron chi connectivity index (χ0n) is 18.3. The number of benzene rings is 3. The number of hydrogen-bond acceptors (Lipinski definition) is 5. The lowest BCUT2D eigenvalue weighted by Gasteiger charge is -2.28. The fourth-order valence-corrected chi connectivity index (χ4v) is 6.36. The number of aromatic nitrogens is 1. The third-order valence-corrected chi connectivity index (χ3v) is 8.87. The zero-order chi connectivity index (χ0) is 23.2. The maximum absolute atomic E-state index is 13.1. The highest BCUT2D eigenvalue weighted by Gasteiger charge is 2.28. The normalized spacial score (nSPS) is 14.2. The number of nitrogens with one attached hydrogen (secondary N) is 1. The molecule has 1 N–H and O–H groups in total. The predicted octanol–water partition coefficient (Wildman–Crippen LogP) is 4.91. The average molecular weight is 478 g/mol. The number of aryl methyl sites for hydroxylation is 2. The Hall–Kier alpha value is -3.07. The van der Waals surface area contributed by atoms with Crippen LogP contribution in [0.3, 0.4) is 0 Å². The second kappa shape index (κ2) is 8.37. The third kappa shape index (κ3) is 4.17. The van der Waals surface area contributed by atoms with Crippen LogP contribution < -0.4 is 5.32 Å². The van der Waals surface area contributed by atoms with Crippen molar-refractivity contribution in [2.24, 2.45) is 0 Å². The fourth-order valence-electron chi connectivity index (χ4n) is 4.01. The Bertz CT molecular complexity index is 1440. The molecule has 1 amide bonds. The second-order valence-electron chi connectivity index (χ2n) is 8.26. The zero-order valence-corrected chi connectivity index (χ0v) is 20.0. The second-order valence-corrected chi connectivity index (χ2v) is 11.2. The van der Waals surface area contributed by atoms with Gasteiger partial charge < -0.3 is 0 Å². The maximum atomic E-state index is 13.1. The van der Waals surface area contributed by atoms with Gasteiger partial charge in [-0.05, 0) is 78.9 Å². The number of hydrogen-bond donors (Lipinski definition) is 1. The van der Waals surface area contributed by atoms with Crippen molar-refractivity contribution in [3.63, 3.8) is 0 Å². The molecule has 5 rings (SSSR count). The van der Waals surface area contributed by atoms with Crippen molar-refractivity contribution in [2.45, 2.75) is 31.7 Å². The first-order chi connectivity index (χ1) is 15.8. The van der Waals surface area contributed by atoms with Gasteiger partial charge in [0, 0.05) is 18.7 Å². The third-order valence-electron chi connectivity index (χ3n) is 6.07. The van der Waals surface area contributed by atoms with E-state index in [-0.39, 0.29) is 10.8 Å². The molecule has 33 heavy (non-hydrogen) atoms. The van der Waals surface area contributed by atoms with E-state index in [0.29, 0.717) is 30.2 Å². The summed E-state index contributed by atoms with van der Waals surface area (Å²) in [6.45, 7) is 4.88. The van der Waals surface area contributed by atoms with Gasteiger partial charge in [0.2, 0.25) is 10.0 Å². The van der Waals surface area contributed by atoms with Gasteiger partial charge in [0.05, 0.1) is 15.1 Å². The minimum Gasteiger partial charge on any atom is -0.298 e. The highest BCUT2D eigenvalue weighted by Crippen LogP contribution is 2.29. The summed E-state index contributed by atoms with van der Waals surface area (Å²) in [5, 5.41) is 3.35. The Morgan fingerprint density at radius 3 is 2.45 bits per heavy atom. The Morgan fingerprint density at radius 1 is 1.00 bits per heavy atom. The van der Waals surface area contributed by atoms with Crippen molar-refractivity contribution in [3.8, 4) is 0 Å². The molecule has 1 aliphatic rings. The monoisotopic (exact) mass is 477 g/mol. The first-order valence-corrected chi connectivity index (χ1v) is 12.9. The van der Waals surface area contributed by atoms with Crippen molar-refractivity contribution in [1.82, 2.24) is 9.29 Å². The summed E-state index contributed by atoms with van der Waals surface area (Å²) < 4.78 is 28.8. The van der Waals surface area contributed by atoms with Gasteiger partial charge in [-0.25, -0.2) is 13.4 Å². The summed E-state index contributed by atoms with van der Waals surface area (Å²) in [4.78, 5) is 17.4. The maximum Gasteiger partial charge on any atom is 0.257 e.